The van der Waals surface area contributed by atoms with E-state index >= 15 is 0 Å². The maximum Gasteiger partial charge on any atom is 0.342 e. The molecule has 23 heavy (non-hydrogen) atoms. The Morgan fingerprint density at radius 1 is 0.783 bits per heavy atom. The van der Waals surface area contributed by atoms with Crippen LogP contribution in [0.2, 0.25) is 12.1 Å². The van der Waals surface area contributed by atoms with Gasteiger partial charge in [0.15, 0.2) is 0 Å². The first kappa shape index (κ1) is 23.1. The predicted molar refractivity (Wildman–Crippen MR) is 98.7 cm³/mol. The Balaban J connectivity index is 5.80. The largest absolute Gasteiger partial charge is 0.394 e. The van der Waals surface area contributed by atoms with E-state index in [1.807, 2.05) is 13.8 Å². The first-order valence-electron chi connectivity index (χ1n) is 9.50. The second kappa shape index (κ2) is 10.8. The average Bonchev–Trinajstić information content (AvgIpc) is 2.58. The lowest BCUT2D eigenvalue weighted by molar-refractivity contribution is -0.403. The first-order valence-corrected chi connectivity index (χ1v) is 11.7. The van der Waals surface area contributed by atoms with Crippen molar-refractivity contribution in [2.45, 2.75) is 92.7 Å². The molecule has 0 rings (SSSR count). The van der Waals surface area contributed by atoms with Crippen LogP contribution >= 0.6 is 0 Å². The monoisotopic (exact) mass is 348 g/mol. The second-order valence-electron chi connectivity index (χ2n) is 6.26. The quantitative estimate of drug-likeness (QED) is 0.308. The molecule has 0 amide bonds. The molecule has 140 valence electrons. The van der Waals surface area contributed by atoms with E-state index in [1.165, 1.54) is 0 Å². The smallest absolute Gasteiger partial charge is 0.342 e. The highest BCUT2D eigenvalue weighted by Gasteiger charge is 2.55. The fourth-order valence-electron chi connectivity index (χ4n) is 2.80. The van der Waals surface area contributed by atoms with Gasteiger partial charge >= 0.3 is 8.56 Å². The Bertz CT molecular complexity index is 295. The predicted octanol–water partition coefficient (Wildman–Crippen LogP) is 5.46. The molecule has 0 heterocycles. The Morgan fingerprint density at radius 3 is 1.57 bits per heavy atom. The van der Waals surface area contributed by atoms with Crippen LogP contribution in [0.1, 0.15) is 74.7 Å². The van der Waals surface area contributed by atoms with E-state index in [1.54, 1.807) is 0 Å². The van der Waals surface area contributed by atoms with E-state index in [-0.39, 0.29) is 5.41 Å². The average molecular weight is 349 g/mol. The van der Waals surface area contributed by atoms with Gasteiger partial charge in [0, 0.05) is 25.2 Å². The lowest BCUT2D eigenvalue weighted by Gasteiger charge is -2.50. The molecule has 0 spiro atoms. The van der Waals surface area contributed by atoms with Crippen molar-refractivity contribution in [3.05, 3.63) is 0 Å². The third kappa shape index (κ3) is 5.53. The van der Waals surface area contributed by atoms with Gasteiger partial charge in [0.25, 0.3) is 5.97 Å². The summed E-state index contributed by atoms with van der Waals surface area (Å²) in [5.74, 6) is -1.02. The van der Waals surface area contributed by atoms with Gasteiger partial charge in [-0.3, -0.25) is 0 Å². The molecule has 5 heteroatoms. The standard InChI is InChI=1S/C18H40O4Si/c1-9-16-21-23(14-6,15-7)22-18(19-12-4,20-13-5)17(8,10-2)11-3/h9-16H2,1-8H3. The van der Waals surface area contributed by atoms with Gasteiger partial charge < -0.3 is 18.3 Å². The summed E-state index contributed by atoms with van der Waals surface area (Å²) in [7, 11) is -2.37. The summed E-state index contributed by atoms with van der Waals surface area (Å²) in [6, 6.07) is 1.80. The van der Waals surface area contributed by atoms with Gasteiger partial charge in [0.1, 0.15) is 0 Å². The van der Waals surface area contributed by atoms with Crippen molar-refractivity contribution < 1.29 is 18.3 Å². The van der Waals surface area contributed by atoms with Crippen LogP contribution in [0.3, 0.4) is 0 Å². The van der Waals surface area contributed by atoms with Crippen LogP contribution in [0.25, 0.3) is 0 Å². The van der Waals surface area contributed by atoms with Gasteiger partial charge in [-0.2, -0.15) is 0 Å². The minimum atomic E-state index is -2.37. The maximum absolute atomic E-state index is 6.73. The van der Waals surface area contributed by atoms with Crippen molar-refractivity contribution in [3.8, 4) is 0 Å². The van der Waals surface area contributed by atoms with E-state index in [4.69, 9.17) is 18.3 Å². The summed E-state index contributed by atoms with van der Waals surface area (Å²) in [5, 5.41) is 0. The van der Waals surface area contributed by atoms with Gasteiger partial charge in [-0.15, -0.1) is 0 Å². The fourth-order valence-corrected chi connectivity index (χ4v) is 5.48. The molecule has 0 saturated carbocycles. The van der Waals surface area contributed by atoms with E-state index < -0.39 is 14.5 Å². The number of rotatable bonds is 14. The summed E-state index contributed by atoms with van der Waals surface area (Å²) in [4.78, 5) is 0. The highest BCUT2D eigenvalue weighted by atomic mass is 28.4. The van der Waals surface area contributed by atoms with E-state index in [0.717, 1.165) is 38.0 Å². The molecule has 0 bridgehead atoms. The topological polar surface area (TPSA) is 36.9 Å². The normalized spacial score (nSPS) is 13.6. The third-order valence-corrected chi connectivity index (χ3v) is 8.46. The Morgan fingerprint density at radius 2 is 1.26 bits per heavy atom. The molecule has 0 aromatic rings. The van der Waals surface area contributed by atoms with Crippen molar-refractivity contribution in [1.29, 1.82) is 0 Å². The van der Waals surface area contributed by atoms with Gasteiger partial charge in [-0.05, 0) is 45.2 Å². The summed E-state index contributed by atoms with van der Waals surface area (Å²) >= 11 is 0. The molecule has 0 saturated heterocycles. The van der Waals surface area contributed by atoms with Crippen LogP contribution in [0.5, 0.6) is 0 Å². The van der Waals surface area contributed by atoms with Crippen molar-refractivity contribution in [2.75, 3.05) is 19.8 Å². The number of hydrogen-bond donors (Lipinski definition) is 0. The van der Waals surface area contributed by atoms with Gasteiger partial charge in [-0.1, -0.05) is 41.5 Å². The molecule has 0 aliphatic rings. The first-order chi connectivity index (χ1) is 10.9. The third-order valence-electron chi connectivity index (χ3n) is 4.94. The summed E-state index contributed by atoms with van der Waals surface area (Å²) in [6.07, 6.45) is 2.84. The molecule has 0 atom stereocenters. The van der Waals surface area contributed by atoms with Crippen LogP contribution in [0, 0.1) is 5.41 Å². The molecule has 0 aromatic carbocycles. The molecular formula is C18H40O4Si. The van der Waals surface area contributed by atoms with Crippen LogP contribution in [-0.4, -0.2) is 34.4 Å². The Labute approximate surface area is 145 Å². The Hall–Kier alpha value is 0.0569. The zero-order valence-corrected chi connectivity index (χ0v) is 17.8. The SMILES string of the molecule is CCCO[Si](CC)(CC)OC(OCC)(OCC)C(C)(CC)CC. The Kier molecular flexibility index (Phi) is 10.9. The van der Waals surface area contributed by atoms with E-state index in [0.29, 0.717) is 13.2 Å². The number of ether oxygens (including phenoxy) is 2. The van der Waals surface area contributed by atoms with Crippen molar-refractivity contribution >= 4 is 8.56 Å². The van der Waals surface area contributed by atoms with E-state index in [2.05, 4.69) is 41.5 Å². The molecule has 4 nitrogen and oxygen atoms in total. The number of hydrogen-bond acceptors (Lipinski definition) is 4. The highest BCUT2D eigenvalue weighted by molar-refractivity contribution is 6.67. The lowest BCUT2D eigenvalue weighted by atomic mass is 9.81. The van der Waals surface area contributed by atoms with Crippen LogP contribution in [0.4, 0.5) is 0 Å². The molecular weight excluding hydrogens is 308 g/mol. The van der Waals surface area contributed by atoms with Crippen LogP contribution in [0.15, 0.2) is 0 Å². The van der Waals surface area contributed by atoms with Gasteiger partial charge in [-0.25, -0.2) is 0 Å². The molecule has 0 fully saturated rings. The maximum atomic E-state index is 6.73. The van der Waals surface area contributed by atoms with Gasteiger partial charge in [0.2, 0.25) is 0 Å². The highest BCUT2D eigenvalue weighted by Crippen LogP contribution is 2.45. The van der Waals surface area contributed by atoms with Crippen molar-refractivity contribution in [3.63, 3.8) is 0 Å². The minimum Gasteiger partial charge on any atom is -0.394 e. The second-order valence-corrected chi connectivity index (χ2v) is 9.99. The molecule has 0 aromatic heterocycles. The van der Waals surface area contributed by atoms with Crippen molar-refractivity contribution in [2.24, 2.45) is 5.41 Å². The van der Waals surface area contributed by atoms with Crippen LogP contribution < -0.4 is 0 Å². The molecule has 0 aliphatic carbocycles. The zero-order chi connectivity index (χ0) is 18.0. The molecule has 0 N–H and O–H groups in total. The lowest BCUT2D eigenvalue weighted by Crippen LogP contribution is -2.60. The molecule has 0 unspecified atom stereocenters. The fraction of sp³-hybridized carbons (Fsp3) is 1.00. The van der Waals surface area contributed by atoms with Crippen LogP contribution in [-0.2, 0) is 18.3 Å². The molecule has 0 aliphatic heterocycles. The summed E-state index contributed by atoms with van der Waals surface area (Å²) in [6.45, 7) is 18.8. The minimum absolute atomic E-state index is 0.211. The zero-order valence-electron chi connectivity index (χ0n) is 16.8. The van der Waals surface area contributed by atoms with E-state index in [9.17, 15) is 0 Å². The van der Waals surface area contributed by atoms with Crippen molar-refractivity contribution in [1.82, 2.24) is 0 Å². The molecule has 0 radical (unpaired) electrons. The summed E-state index contributed by atoms with van der Waals surface area (Å²) in [5.41, 5.74) is -0.211. The summed E-state index contributed by atoms with van der Waals surface area (Å²) < 4.78 is 25.3. The van der Waals surface area contributed by atoms with Gasteiger partial charge in [0.05, 0.1) is 0 Å².